The monoisotopic (exact) mass is 252 g/mol. The van der Waals surface area contributed by atoms with Gasteiger partial charge in [-0.05, 0) is 24.8 Å². The van der Waals surface area contributed by atoms with Crippen LogP contribution in [0.15, 0.2) is 30.3 Å². The molecule has 1 aromatic carbocycles. The second-order valence-corrected chi connectivity index (χ2v) is 4.76. The largest absolute Gasteiger partial charge is 0.376 e. The molecule has 0 fully saturated rings. The molecule has 0 saturated carbocycles. The fourth-order valence-electron chi connectivity index (χ4n) is 1.48. The number of carbonyl (C=O) groups is 1. The van der Waals surface area contributed by atoms with E-state index in [1.165, 1.54) is 0 Å². The van der Waals surface area contributed by atoms with Crippen LogP contribution in [0.3, 0.4) is 0 Å². The second-order valence-electron chi connectivity index (χ2n) is 3.85. The third-order valence-corrected chi connectivity index (χ3v) is 3.19. The summed E-state index contributed by atoms with van der Waals surface area (Å²) in [5, 5.41) is 6.11. The first-order chi connectivity index (χ1) is 8.26. The highest BCUT2D eigenvalue weighted by Gasteiger charge is 2.08. The van der Waals surface area contributed by atoms with Crippen LogP contribution in [-0.4, -0.2) is 30.5 Å². The molecule has 0 spiro atoms. The minimum atomic E-state index is 0.0507. The van der Waals surface area contributed by atoms with Gasteiger partial charge in [0.05, 0.1) is 6.54 Å². The van der Waals surface area contributed by atoms with Crippen molar-refractivity contribution >= 4 is 23.4 Å². The highest BCUT2D eigenvalue weighted by molar-refractivity contribution is 7.98. The number of nitrogens with one attached hydrogen (secondary N) is 2. The van der Waals surface area contributed by atoms with Crippen LogP contribution in [0.2, 0.25) is 0 Å². The predicted octanol–water partition coefficient (Wildman–Crippen LogP) is 2.36. The summed E-state index contributed by atoms with van der Waals surface area (Å²) in [6.45, 7) is 2.42. The van der Waals surface area contributed by atoms with Crippen LogP contribution in [0.1, 0.15) is 13.3 Å². The Bertz CT molecular complexity index is 329. The van der Waals surface area contributed by atoms with Crippen LogP contribution < -0.4 is 10.6 Å². The smallest absolute Gasteiger partial charge is 0.239 e. The van der Waals surface area contributed by atoms with E-state index < -0.39 is 0 Å². The van der Waals surface area contributed by atoms with Crippen molar-refractivity contribution in [2.24, 2.45) is 0 Å². The van der Waals surface area contributed by atoms with Gasteiger partial charge in [-0.2, -0.15) is 11.8 Å². The standard InChI is InChI=1S/C13H20N2OS/c1-3-11(10-17-2)15-13(16)9-14-12-7-5-4-6-8-12/h4-8,11,14H,3,9-10H2,1-2H3,(H,15,16). The molecule has 1 amide bonds. The van der Waals surface area contributed by atoms with Crippen LogP contribution >= 0.6 is 11.8 Å². The SMILES string of the molecule is CCC(CSC)NC(=O)CNc1ccccc1. The molecular formula is C13H20N2OS. The summed E-state index contributed by atoms with van der Waals surface area (Å²) in [4.78, 5) is 11.7. The number of carbonyl (C=O) groups excluding carboxylic acids is 1. The molecular weight excluding hydrogens is 232 g/mol. The topological polar surface area (TPSA) is 41.1 Å². The van der Waals surface area contributed by atoms with Gasteiger partial charge in [0.1, 0.15) is 0 Å². The Morgan fingerprint density at radius 2 is 2.06 bits per heavy atom. The number of benzene rings is 1. The lowest BCUT2D eigenvalue weighted by Crippen LogP contribution is -2.39. The average Bonchev–Trinajstić information content (AvgIpc) is 2.37. The highest BCUT2D eigenvalue weighted by Crippen LogP contribution is 2.04. The average molecular weight is 252 g/mol. The molecule has 1 rings (SSSR count). The first kappa shape index (κ1) is 13.9. The summed E-state index contributed by atoms with van der Waals surface area (Å²) in [6, 6.07) is 10.0. The highest BCUT2D eigenvalue weighted by atomic mass is 32.2. The molecule has 0 aliphatic carbocycles. The van der Waals surface area contributed by atoms with Gasteiger partial charge >= 0.3 is 0 Å². The maximum Gasteiger partial charge on any atom is 0.239 e. The maximum atomic E-state index is 11.7. The number of amides is 1. The lowest BCUT2D eigenvalue weighted by molar-refractivity contribution is -0.119. The Labute approximate surface area is 107 Å². The lowest BCUT2D eigenvalue weighted by Gasteiger charge is -2.16. The first-order valence-corrected chi connectivity index (χ1v) is 7.22. The van der Waals surface area contributed by atoms with E-state index >= 15 is 0 Å². The van der Waals surface area contributed by atoms with Crippen molar-refractivity contribution in [2.75, 3.05) is 23.9 Å². The molecule has 3 nitrogen and oxygen atoms in total. The third-order valence-electron chi connectivity index (χ3n) is 2.45. The Morgan fingerprint density at radius 3 is 2.65 bits per heavy atom. The van der Waals surface area contributed by atoms with E-state index in [-0.39, 0.29) is 11.9 Å². The van der Waals surface area contributed by atoms with Crippen LogP contribution in [0.4, 0.5) is 5.69 Å². The molecule has 0 aliphatic heterocycles. The molecule has 0 saturated heterocycles. The molecule has 17 heavy (non-hydrogen) atoms. The quantitative estimate of drug-likeness (QED) is 0.782. The molecule has 1 atom stereocenters. The van der Waals surface area contributed by atoms with E-state index in [0.717, 1.165) is 17.9 Å². The van der Waals surface area contributed by atoms with E-state index in [1.54, 1.807) is 11.8 Å². The summed E-state index contributed by atoms with van der Waals surface area (Å²) in [7, 11) is 0. The molecule has 0 heterocycles. The molecule has 4 heteroatoms. The third kappa shape index (κ3) is 5.63. The zero-order valence-electron chi connectivity index (χ0n) is 10.4. The van der Waals surface area contributed by atoms with Crippen molar-refractivity contribution in [2.45, 2.75) is 19.4 Å². The van der Waals surface area contributed by atoms with Crippen LogP contribution in [-0.2, 0) is 4.79 Å². The number of rotatable bonds is 7. The Balaban J connectivity index is 2.30. The fourth-order valence-corrected chi connectivity index (χ4v) is 2.20. The van der Waals surface area contributed by atoms with Gasteiger partial charge in [-0.25, -0.2) is 0 Å². The molecule has 0 aliphatic rings. The summed E-state index contributed by atoms with van der Waals surface area (Å²) in [5.41, 5.74) is 0.973. The predicted molar refractivity (Wildman–Crippen MR) is 75.5 cm³/mol. The Hall–Kier alpha value is -1.16. The summed E-state index contributed by atoms with van der Waals surface area (Å²) in [6.07, 6.45) is 3.02. The summed E-state index contributed by atoms with van der Waals surface area (Å²) in [5.74, 6) is 1.02. The Kier molecular flexibility index (Phi) is 6.55. The summed E-state index contributed by atoms with van der Waals surface area (Å²) < 4.78 is 0. The first-order valence-electron chi connectivity index (χ1n) is 5.83. The van der Waals surface area contributed by atoms with E-state index in [1.807, 2.05) is 30.3 Å². The van der Waals surface area contributed by atoms with Crippen molar-refractivity contribution in [1.29, 1.82) is 0 Å². The van der Waals surface area contributed by atoms with E-state index in [9.17, 15) is 4.79 Å². The van der Waals surface area contributed by atoms with E-state index in [4.69, 9.17) is 0 Å². The van der Waals surface area contributed by atoms with Gasteiger partial charge in [-0.3, -0.25) is 4.79 Å². The van der Waals surface area contributed by atoms with Gasteiger partial charge in [-0.1, -0.05) is 25.1 Å². The zero-order chi connectivity index (χ0) is 12.5. The van der Waals surface area contributed by atoms with Gasteiger partial charge in [0.25, 0.3) is 0 Å². The molecule has 0 bridgehead atoms. The van der Waals surface area contributed by atoms with Crippen molar-refractivity contribution in [3.63, 3.8) is 0 Å². The number of hydrogen-bond donors (Lipinski definition) is 2. The van der Waals surface area contributed by atoms with E-state index in [0.29, 0.717) is 6.54 Å². The molecule has 0 radical (unpaired) electrons. The number of hydrogen-bond acceptors (Lipinski definition) is 3. The molecule has 0 aromatic heterocycles. The van der Waals surface area contributed by atoms with Crippen LogP contribution in [0.25, 0.3) is 0 Å². The van der Waals surface area contributed by atoms with Gasteiger partial charge in [0, 0.05) is 17.5 Å². The van der Waals surface area contributed by atoms with Crippen LogP contribution in [0, 0.1) is 0 Å². The van der Waals surface area contributed by atoms with Crippen molar-refractivity contribution in [1.82, 2.24) is 5.32 Å². The number of para-hydroxylation sites is 1. The molecule has 2 N–H and O–H groups in total. The molecule has 1 unspecified atom stereocenters. The fraction of sp³-hybridized carbons (Fsp3) is 0.462. The lowest BCUT2D eigenvalue weighted by atomic mass is 10.2. The van der Waals surface area contributed by atoms with Crippen molar-refractivity contribution < 1.29 is 4.79 Å². The normalized spacial score (nSPS) is 11.9. The van der Waals surface area contributed by atoms with Gasteiger partial charge in [0.15, 0.2) is 0 Å². The van der Waals surface area contributed by atoms with Gasteiger partial charge in [0.2, 0.25) is 5.91 Å². The minimum Gasteiger partial charge on any atom is -0.376 e. The zero-order valence-corrected chi connectivity index (χ0v) is 11.2. The van der Waals surface area contributed by atoms with Gasteiger partial charge in [-0.15, -0.1) is 0 Å². The maximum absolute atomic E-state index is 11.7. The summed E-state index contributed by atoms with van der Waals surface area (Å²) >= 11 is 1.76. The van der Waals surface area contributed by atoms with E-state index in [2.05, 4.69) is 23.8 Å². The Morgan fingerprint density at radius 1 is 1.35 bits per heavy atom. The second kappa shape index (κ2) is 8.01. The van der Waals surface area contributed by atoms with Crippen LogP contribution in [0.5, 0.6) is 0 Å². The molecule has 94 valence electrons. The number of thioether (sulfide) groups is 1. The van der Waals surface area contributed by atoms with Crippen molar-refractivity contribution in [3.8, 4) is 0 Å². The minimum absolute atomic E-state index is 0.0507. The number of anilines is 1. The van der Waals surface area contributed by atoms with Crippen molar-refractivity contribution in [3.05, 3.63) is 30.3 Å². The van der Waals surface area contributed by atoms with Gasteiger partial charge < -0.3 is 10.6 Å². The molecule has 1 aromatic rings.